The van der Waals surface area contributed by atoms with Gasteiger partial charge in [-0.05, 0) is 44.6 Å². The zero-order chi connectivity index (χ0) is 14.0. The van der Waals surface area contributed by atoms with E-state index in [2.05, 4.69) is 28.8 Å². The van der Waals surface area contributed by atoms with Crippen LogP contribution in [0.5, 0.6) is 0 Å². The van der Waals surface area contributed by atoms with E-state index in [9.17, 15) is 5.11 Å². The summed E-state index contributed by atoms with van der Waals surface area (Å²) in [6, 6.07) is 0. The van der Waals surface area contributed by atoms with Gasteiger partial charge in [0.2, 0.25) is 0 Å². The van der Waals surface area contributed by atoms with Gasteiger partial charge in [0.15, 0.2) is 5.96 Å². The number of aliphatic imine (C=N–C) groups is 1. The molecule has 20 heavy (non-hydrogen) atoms. The third kappa shape index (κ3) is 8.56. The van der Waals surface area contributed by atoms with E-state index >= 15 is 0 Å². The molecule has 0 aromatic heterocycles. The zero-order valence-electron chi connectivity index (χ0n) is 12.8. The van der Waals surface area contributed by atoms with Crippen LogP contribution in [0.25, 0.3) is 0 Å². The molecule has 0 aromatic carbocycles. The Balaban J connectivity index is 0.00000361. The smallest absolute Gasteiger partial charge is 0.191 e. The highest BCUT2D eigenvalue weighted by Crippen LogP contribution is 2.29. The van der Waals surface area contributed by atoms with Gasteiger partial charge in [0.1, 0.15) is 0 Å². The molecular formula is C14H30IN3OS. The first-order chi connectivity index (χ1) is 9.20. The molecule has 0 amide bonds. The number of hydrogen-bond acceptors (Lipinski definition) is 3. The van der Waals surface area contributed by atoms with Gasteiger partial charge in [-0.25, -0.2) is 0 Å². The number of hydrogen-bond donors (Lipinski definition) is 3. The normalized spacial score (nSPS) is 17.6. The zero-order valence-corrected chi connectivity index (χ0v) is 15.9. The first-order valence-electron chi connectivity index (χ1n) is 7.44. The molecule has 1 fully saturated rings. The van der Waals surface area contributed by atoms with Gasteiger partial charge in [0, 0.05) is 13.1 Å². The predicted molar refractivity (Wildman–Crippen MR) is 100 cm³/mol. The van der Waals surface area contributed by atoms with Crippen molar-refractivity contribution >= 4 is 41.7 Å². The second-order valence-electron chi connectivity index (χ2n) is 5.25. The van der Waals surface area contributed by atoms with E-state index < -0.39 is 5.60 Å². The average molecular weight is 415 g/mol. The number of thioether (sulfide) groups is 1. The third-order valence-corrected chi connectivity index (χ3v) is 4.17. The second-order valence-corrected chi connectivity index (χ2v) is 6.24. The highest BCUT2D eigenvalue weighted by Gasteiger charge is 2.30. The maximum absolute atomic E-state index is 10.3. The molecule has 3 N–H and O–H groups in total. The highest BCUT2D eigenvalue weighted by molar-refractivity contribution is 14.0. The Labute approximate surface area is 145 Å². The van der Waals surface area contributed by atoms with Crippen LogP contribution >= 0.6 is 35.7 Å². The van der Waals surface area contributed by atoms with Gasteiger partial charge in [-0.3, -0.25) is 4.99 Å². The Morgan fingerprint density at radius 3 is 2.55 bits per heavy atom. The molecule has 0 spiro atoms. The van der Waals surface area contributed by atoms with Gasteiger partial charge in [0.05, 0.1) is 12.1 Å². The van der Waals surface area contributed by atoms with Gasteiger partial charge in [-0.1, -0.05) is 12.8 Å². The fourth-order valence-corrected chi connectivity index (χ4v) is 2.83. The van der Waals surface area contributed by atoms with E-state index in [4.69, 9.17) is 0 Å². The van der Waals surface area contributed by atoms with Crippen molar-refractivity contribution in [2.75, 3.05) is 31.6 Å². The molecule has 4 nitrogen and oxygen atoms in total. The molecule has 1 aliphatic rings. The Morgan fingerprint density at radius 1 is 1.25 bits per heavy atom. The van der Waals surface area contributed by atoms with E-state index in [1.165, 1.54) is 12.2 Å². The molecule has 0 heterocycles. The molecule has 0 atom stereocenters. The van der Waals surface area contributed by atoms with Crippen LogP contribution in [0.4, 0.5) is 0 Å². The fraction of sp³-hybridized carbons (Fsp3) is 0.929. The van der Waals surface area contributed by atoms with Crippen LogP contribution in [0, 0.1) is 0 Å². The second kappa shape index (κ2) is 11.9. The van der Waals surface area contributed by atoms with E-state index in [1.807, 2.05) is 11.8 Å². The molecule has 0 radical (unpaired) electrons. The van der Waals surface area contributed by atoms with Crippen molar-refractivity contribution in [1.82, 2.24) is 10.6 Å². The summed E-state index contributed by atoms with van der Waals surface area (Å²) in [5.74, 6) is 2.06. The van der Waals surface area contributed by atoms with Crippen LogP contribution in [-0.4, -0.2) is 48.3 Å². The SMILES string of the molecule is CCNC(=NCC1(O)CCCC1)NCCCCSC.I. The average Bonchev–Trinajstić information content (AvgIpc) is 2.83. The fourth-order valence-electron chi connectivity index (χ4n) is 2.34. The summed E-state index contributed by atoms with van der Waals surface area (Å²) in [5, 5.41) is 16.9. The molecular weight excluding hydrogens is 385 g/mol. The molecule has 1 aliphatic carbocycles. The maximum atomic E-state index is 10.3. The van der Waals surface area contributed by atoms with E-state index in [0.717, 1.165) is 51.2 Å². The van der Waals surface area contributed by atoms with Crippen molar-refractivity contribution in [3.05, 3.63) is 0 Å². The summed E-state index contributed by atoms with van der Waals surface area (Å²) in [4.78, 5) is 4.52. The quantitative estimate of drug-likeness (QED) is 0.247. The number of guanidine groups is 1. The topological polar surface area (TPSA) is 56.7 Å². The summed E-state index contributed by atoms with van der Waals surface area (Å²) in [6.07, 6.45) is 8.58. The largest absolute Gasteiger partial charge is 0.388 e. The summed E-state index contributed by atoms with van der Waals surface area (Å²) >= 11 is 1.89. The molecule has 0 bridgehead atoms. The first-order valence-corrected chi connectivity index (χ1v) is 8.83. The Hall–Kier alpha value is 0.310. The summed E-state index contributed by atoms with van der Waals surface area (Å²) in [6.45, 7) is 4.39. The predicted octanol–water partition coefficient (Wildman–Crippen LogP) is 2.61. The number of nitrogens with zero attached hydrogens (tertiary/aromatic N) is 1. The van der Waals surface area contributed by atoms with Crippen LogP contribution in [0.15, 0.2) is 4.99 Å². The highest BCUT2D eigenvalue weighted by atomic mass is 127. The van der Waals surface area contributed by atoms with Crippen LogP contribution in [0.1, 0.15) is 45.4 Å². The molecule has 6 heteroatoms. The van der Waals surface area contributed by atoms with Gasteiger partial charge < -0.3 is 15.7 Å². The van der Waals surface area contributed by atoms with E-state index in [0.29, 0.717) is 6.54 Å². The van der Waals surface area contributed by atoms with Crippen molar-refractivity contribution in [3.8, 4) is 0 Å². The van der Waals surface area contributed by atoms with Gasteiger partial charge in [-0.2, -0.15) is 11.8 Å². The van der Waals surface area contributed by atoms with Crippen molar-refractivity contribution in [2.24, 2.45) is 4.99 Å². The van der Waals surface area contributed by atoms with Crippen LogP contribution < -0.4 is 10.6 Å². The van der Waals surface area contributed by atoms with Crippen molar-refractivity contribution in [2.45, 2.75) is 51.0 Å². The van der Waals surface area contributed by atoms with Crippen LogP contribution in [0.2, 0.25) is 0 Å². The maximum Gasteiger partial charge on any atom is 0.191 e. The summed E-state index contributed by atoms with van der Waals surface area (Å²) in [7, 11) is 0. The third-order valence-electron chi connectivity index (χ3n) is 3.48. The number of unbranched alkanes of at least 4 members (excludes halogenated alkanes) is 1. The molecule has 0 saturated heterocycles. The monoisotopic (exact) mass is 415 g/mol. The Bertz CT molecular complexity index is 271. The molecule has 120 valence electrons. The summed E-state index contributed by atoms with van der Waals surface area (Å²) < 4.78 is 0. The van der Waals surface area contributed by atoms with E-state index in [1.54, 1.807) is 0 Å². The van der Waals surface area contributed by atoms with Crippen LogP contribution in [0.3, 0.4) is 0 Å². The minimum absolute atomic E-state index is 0. The number of nitrogens with one attached hydrogen (secondary N) is 2. The van der Waals surface area contributed by atoms with E-state index in [-0.39, 0.29) is 24.0 Å². The van der Waals surface area contributed by atoms with Crippen molar-refractivity contribution in [1.29, 1.82) is 0 Å². The van der Waals surface area contributed by atoms with Gasteiger partial charge >= 0.3 is 0 Å². The lowest BCUT2D eigenvalue weighted by atomic mass is 10.0. The van der Waals surface area contributed by atoms with Crippen molar-refractivity contribution in [3.63, 3.8) is 0 Å². The number of halogens is 1. The number of rotatable bonds is 8. The molecule has 0 aliphatic heterocycles. The van der Waals surface area contributed by atoms with Crippen molar-refractivity contribution < 1.29 is 5.11 Å². The van der Waals surface area contributed by atoms with Crippen LogP contribution in [-0.2, 0) is 0 Å². The summed E-state index contributed by atoms with van der Waals surface area (Å²) in [5.41, 5.74) is -0.554. The molecule has 1 saturated carbocycles. The molecule has 0 unspecified atom stereocenters. The lowest BCUT2D eigenvalue weighted by Crippen LogP contribution is -2.39. The standard InChI is InChI=1S/C14H29N3OS.HI/c1-3-15-13(16-10-6-7-11-19-2)17-12-14(18)8-4-5-9-14;/h18H,3-12H2,1-2H3,(H2,15,16,17);1H. The first kappa shape index (κ1) is 20.3. The molecule has 0 aromatic rings. The Kier molecular flexibility index (Phi) is 12.1. The van der Waals surface area contributed by atoms with Gasteiger partial charge in [-0.15, -0.1) is 24.0 Å². The minimum Gasteiger partial charge on any atom is -0.388 e. The minimum atomic E-state index is -0.554. The lowest BCUT2D eigenvalue weighted by Gasteiger charge is -2.20. The number of aliphatic hydroxyl groups is 1. The van der Waals surface area contributed by atoms with Gasteiger partial charge in [0.25, 0.3) is 0 Å². The molecule has 1 rings (SSSR count). The Morgan fingerprint density at radius 2 is 1.95 bits per heavy atom. The lowest BCUT2D eigenvalue weighted by molar-refractivity contribution is 0.0574.